The molecule has 0 saturated heterocycles. The van der Waals surface area contributed by atoms with Crippen LogP contribution < -0.4 is 0 Å². The minimum absolute atomic E-state index is 0.145. The highest BCUT2D eigenvalue weighted by atomic mass is 15.3. The fourth-order valence-corrected chi connectivity index (χ4v) is 2.58. The average molecular weight is 316 g/mol. The summed E-state index contributed by atoms with van der Waals surface area (Å²) in [6.07, 6.45) is 2.05. The van der Waals surface area contributed by atoms with E-state index in [1.807, 2.05) is 72.1 Å². The quantitative estimate of drug-likeness (QED) is 0.717. The normalized spacial score (nSPS) is 12.1. The molecular formula is C20H20N4. The molecule has 2 aromatic carbocycles. The van der Waals surface area contributed by atoms with Gasteiger partial charge in [0, 0.05) is 23.9 Å². The third kappa shape index (κ3) is 3.37. The number of hydrogen-bond acceptors (Lipinski definition) is 3. The largest absolute Gasteiger partial charge is 0.287 e. The molecule has 24 heavy (non-hydrogen) atoms. The van der Waals surface area contributed by atoms with Crippen LogP contribution in [0.15, 0.2) is 66.9 Å². The predicted molar refractivity (Wildman–Crippen MR) is 95.5 cm³/mol. The molecule has 3 aromatic rings. The Bertz CT molecular complexity index is 831. The fraction of sp³-hybridized carbons (Fsp3) is 0.200. The zero-order chi connectivity index (χ0) is 16.9. The van der Waals surface area contributed by atoms with E-state index >= 15 is 0 Å². The Labute approximate surface area is 142 Å². The molecule has 0 aliphatic rings. The van der Waals surface area contributed by atoms with Crippen molar-refractivity contribution in [2.24, 2.45) is 0 Å². The standard InChI is InChI=1S/C20H20N4/c1-16(13-21)23(2)14-18-15-24(19-11-7-4-8-12-19)22-20(18)17-9-5-3-6-10-17/h3-12,15-16H,14H2,1-2H3/t16-/m0/s1. The molecule has 0 unspecified atom stereocenters. The fourth-order valence-electron chi connectivity index (χ4n) is 2.58. The highest BCUT2D eigenvalue weighted by molar-refractivity contribution is 5.63. The van der Waals surface area contributed by atoms with Crippen LogP contribution in [0.1, 0.15) is 12.5 Å². The lowest BCUT2D eigenvalue weighted by molar-refractivity contribution is 0.295. The van der Waals surface area contributed by atoms with Gasteiger partial charge >= 0.3 is 0 Å². The second-order valence-electron chi connectivity index (χ2n) is 5.87. The molecular weight excluding hydrogens is 296 g/mol. The minimum atomic E-state index is -0.145. The van der Waals surface area contributed by atoms with E-state index < -0.39 is 0 Å². The first kappa shape index (κ1) is 16.0. The van der Waals surface area contributed by atoms with Crippen molar-refractivity contribution in [1.82, 2.24) is 14.7 Å². The van der Waals surface area contributed by atoms with E-state index in [0.717, 1.165) is 22.5 Å². The van der Waals surface area contributed by atoms with Gasteiger partial charge in [-0.2, -0.15) is 10.4 Å². The van der Waals surface area contributed by atoms with Gasteiger partial charge in [-0.25, -0.2) is 4.68 Å². The summed E-state index contributed by atoms with van der Waals surface area (Å²) in [5.74, 6) is 0. The second-order valence-corrected chi connectivity index (χ2v) is 5.87. The van der Waals surface area contributed by atoms with Crippen LogP contribution in [0.25, 0.3) is 16.9 Å². The Hall–Kier alpha value is -2.90. The van der Waals surface area contributed by atoms with E-state index in [-0.39, 0.29) is 6.04 Å². The van der Waals surface area contributed by atoms with Crippen LogP contribution in [0.2, 0.25) is 0 Å². The number of hydrogen-bond donors (Lipinski definition) is 0. The molecule has 0 amide bonds. The molecule has 4 heteroatoms. The number of nitriles is 1. The Morgan fingerprint density at radius 1 is 1.08 bits per heavy atom. The van der Waals surface area contributed by atoms with Gasteiger partial charge in [-0.15, -0.1) is 0 Å². The lowest BCUT2D eigenvalue weighted by Gasteiger charge is -2.18. The van der Waals surface area contributed by atoms with Gasteiger partial charge in [0.15, 0.2) is 0 Å². The predicted octanol–water partition coefficient (Wildman–Crippen LogP) is 3.88. The zero-order valence-corrected chi connectivity index (χ0v) is 13.9. The molecule has 120 valence electrons. The van der Waals surface area contributed by atoms with Crippen LogP contribution in [0.3, 0.4) is 0 Å². The van der Waals surface area contributed by atoms with Crippen LogP contribution >= 0.6 is 0 Å². The third-order valence-corrected chi connectivity index (χ3v) is 4.13. The SMILES string of the molecule is C[C@@H](C#N)N(C)Cc1cn(-c2ccccc2)nc1-c1ccccc1. The number of nitrogens with zero attached hydrogens (tertiary/aromatic N) is 4. The third-order valence-electron chi connectivity index (χ3n) is 4.13. The molecule has 1 atom stereocenters. The van der Waals surface area contributed by atoms with Gasteiger partial charge in [-0.05, 0) is 26.1 Å². The van der Waals surface area contributed by atoms with E-state index in [0.29, 0.717) is 6.54 Å². The van der Waals surface area contributed by atoms with E-state index in [1.165, 1.54) is 0 Å². The second kappa shape index (κ2) is 7.12. The molecule has 1 heterocycles. The van der Waals surface area contributed by atoms with Gasteiger partial charge < -0.3 is 0 Å². The maximum atomic E-state index is 9.14. The van der Waals surface area contributed by atoms with Crippen molar-refractivity contribution in [3.05, 3.63) is 72.4 Å². The van der Waals surface area contributed by atoms with Crippen molar-refractivity contribution in [1.29, 1.82) is 5.26 Å². The Kier molecular flexibility index (Phi) is 4.74. The average Bonchev–Trinajstić information content (AvgIpc) is 3.06. The van der Waals surface area contributed by atoms with Crippen molar-refractivity contribution in [3.63, 3.8) is 0 Å². The van der Waals surface area contributed by atoms with E-state index in [1.54, 1.807) is 0 Å². The molecule has 0 bridgehead atoms. The van der Waals surface area contributed by atoms with Gasteiger partial charge in [0.1, 0.15) is 0 Å². The molecule has 0 N–H and O–H groups in total. The summed E-state index contributed by atoms with van der Waals surface area (Å²) >= 11 is 0. The van der Waals surface area contributed by atoms with E-state index in [2.05, 4.69) is 24.4 Å². The van der Waals surface area contributed by atoms with Crippen molar-refractivity contribution >= 4 is 0 Å². The van der Waals surface area contributed by atoms with Crippen LogP contribution in [0, 0.1) is 11.3 Å². The van der Waals surface area contributed by atoms with Gasteiger partial charge in [-0.1, -0.05) is 48.5 Å². The van der Waals surface area contributed by atoms with E-state index in [9.17, 15) is 0 Å². The number of para-hydroxylation sites is 1. The molecule has 3 rings (SSSR count). The first-order valence-corrected chi connectivity index (χ1v) is 7.98. The minimum Gasteiger partial charge on any atom is -0.287 e. The van der Waals surface area contributed by atoms with Crippen LogP contribution in [-0.2, 0) is 6.54 Å². The first-order chi connectivity index (χ1) is 11.7. The van der Waals surface area contributed by atoms with Crippen molar-refractivity contribution in [2.45, 2.75) is 19.5 Å². The highest BCUT2D eigenvalue weighted by Gasteiger charge is 2.16. The lowest BCUT2D eigenvalue weighted by atomic mass is 10.1. The van der Waals surface area contributed by atoms with E-state index in [4.69, 9.17) is 10.4 Å². The number of benzene rings is 2. The molecule has 4 nitrogen and oxygen atoms in total. The summed E-state index contributed by atoms with van der Waals surface area (Å²) in [5.41, 5.74) is 4.17. The monoisotopic (exact) mass is 316 g/mol. The summed E-state index contributed by atoms with van der Waals surface area (Å²) in [5, 5.41) is 13.9. The van der Waals surface area contributed by atoms with Crippen molar-refractivity contribution in [2.75, 3.05) is 7.05 Å². The highest BCUT2D eigenvalue weighted by Crippen LogP contribution is 2.25. The molecule has 0 saturated carbocycles. The van der Waals surface area contributed by atoms with Crippen molar-refractivity contribution in [3.8, 4) is 23.0 Å². The summed E-state index contributed by atoms with van der Waals surface area (Å²) < 4.78 is 1.91. The Morgan fingerprint density at radius 3 is 2.33 bits per heavy atom. The van der Waals surface area contributed by atoms with Crippen molar-refractivity contribution < 1.29 is 0 Å². The van der Waals surface area contributed by atoms with Crippen LogP contribution in [0.5, 0.6) is 0 Å². The molecule has 0 radical (unpaired) electrons. The molecule has 0 spiro atoms. The number of aromatic nitrogens is 2. The first-order valence-electron chi connectivity index (χ1n) is 7.98. The zero-order valence-electron chi connectivity index (χ0n) is 13.9. The summed E-state index contributed by atoms with van der Waals surface area (Å²) in [6.45, 7) is 2.58. The Balaban J connectivity index is 2.02. The molecule has 1 aromatic heterocycles. The van der Waals surface area contributed by atoms with Gasteiger partial charge in [0.05, 0.1) is 23.5 Å². The molecule has 0 fully saturated rings. The van der Waals surface area contributed by atoms with Gasteiger partial charge in [-0.3, -0.25) is 4.90 Å². The summed E-state index contributed by atoms with van der Waals surface area (Å²) in [4.78, 5) is 2.03. The summed E-state index contributed by atoms with van der Waals surface area (Å²) in [7, 11) is 1.96. The maximum absolute atomic E-state index is 9.14. The maximum Gasteiger partial charge on any atom is 0.0972 e. The van der Waals surface area contributed by atoms with Gasteiger partial charge in [0.25, 0.3) is 0 Å². The smallest absolute Gasteiger partial charge is 0.0972 e. The van der Waals surface area contributed by atoms with Gasteiger partial charge in [0.2, 0.25) is 0 Å². The lowest BCUT2D eigenvalue weighted by Crippen LogP contribution is -2.27. The topological polar surface area (TPSA) is 44.9 Å². The molecule has 0 aliphatic heterocycles. The summed E-state index contributed by atoms with van der Waals surface area (Å²) in [6, 6.07) is 22.4. The molecule has 0 aliphatic carbocycles. The van der Waals surface area contributed by atoms with Crippen LogP contribution in [-0.4, -0.2) is 27.8 Å². The Morgan fingerprint density at radius 2 is 1.71 bits per heavy atom. The number of rotatable bonds is 5. The van der Waals surface area contributed by atoms with Crippen LogP contribution in [0.4, 0.5) is 0 Å².